The van der Waals surface area contributed by atoms with Crippen LogP contribution in [0.3, 0.4) is 0 Å². The number of carbonyl (C=O) groups excluding carboxylic acids is 2. The molecule has 10 heteroatoms. The zero-order chi connectivity index (χ0) is 22.8. The Morgan fingerprint density at radius 2 is 1.58 bits per heavy atom. The predicted octanol–water partition coefficient (Wildman–Crippen LogP) is 1.53. The fourth-order valence-corrected chi connectivity index (χ4v) is 4.97. The van der Waals surface area contributed by atoms with E-state index in [4.69, 9.17) is 9.47 Å². The molecule has 2 aromatic rings. The highest BCUT2D eigenvalue weighted by molar-refractivity contribution is 7.89. The summed E-state index contributed by atoms with van der Waals surface area (Å²) in [7, 11) is -2.88. The van der Waals surface area contributed by atoms with Crippen molar-refractivity contribution in [1.82, 2.24) is 9.21 Å². The Labute approximate surface area is 180 Å². The number of ether oxygens (including phenoxy) is 2. The number of carboxylic acid groups (broad SMARTS) is 1. The van der Waals surface area contributed by atoms with Crippen molar-refractivity contribution >= 4 is 22.1 Å². The van der Waals surface area contributed by atoms with Gasteiger partial charge < -0.3 is 24.3 Å². The van der Waals surface area contributed by atoms with Crippen LogP contribution in [-0.4, -0.2) is 63.0 Å². The fourth-order valence-electron chi connectivity index (χ4n) is 3.41. The van der Waals surface area contributed by atoms with Gasteiger partial charge in [0.25, 0.3) is 0 Å². The Hall–Kier alpha value is -3.11. The smallest absolute Gasteiger partial charge is 0.337 e. The van der Waals surface area contributed by atoms with Crippen molar-refractivity contribution < 1.29 is 32.6 Å². The normalized spacial score (nSPS) is 14.9. The number of hydrogen-bond acceptors (Lipinski definition) is 7. The molecular weight excluding hydrogens is 424 g/mol. The summed E-state index contributed by atoms with van der Waals surface area (Å²) in [5, 5.41) is 11.0. The van der Waals surface area contributed by atoms with E-state index >= 15 is 0 Å². The van der Waals surface area contributed by atoms with E-state index < -0.39 is 22.1 Å². The molecule has 0 atom stereocenters. The van der Waals surface area contributed by atoms with Gasteiger partial charge in [-0.25, -0.2) is 13.2 Å². The van der Waals surface area contributed by atoms with Crippen molar-refractivity contribution in [1.29, 1.82) is 0 Å². The summed E-state index contributed by atoms with van der Waals surface area (Å²) >= 11 is 0. The molecule has 1 aliphatic rings. The molecule has 166 valence electrons. The second-order valence-corrected chi connectivity index (χ2v) is 9.14. The molecule has 0 aliphatic carbocycles. The molecule has 3 rings (SSSR count). The number of esters is 1. The van der Waals surface area contributed by atoms with Crippen LogP contribution in [0.4, 0.5) is 4.79 Å². The molecular formula is C21H23N2O7S-. The first kappa shape index (κ1) is 22.6. The third-order valence-corrected chi connectivity index (χ3v) is 6.82. The van der Waals surface area contributed by atoms with Gasteiger partial charge in [0, 0.05) is 26.2 Å². The number of aryl methyl sites for hydroxylation is 2. The standard InChI is InChI=1S/C21H24N2O7S/c1-14-10-15(2)12-17(11-14)30-18-5-4-16(20(24)29-3)13-19(18)31(27,28)23-8-6-22(7-9-23)21(25)26/h4-5,10-13H,6-9H2,1-3H3,(H,25,26)/p-1. The van der Waals surface area contributed by atoms with Crippen LogP contribution < -0.4 is 9.84 Å². The highest BCUT2D eigenvalue weighted by Crippen LogP contribution is 2.33. The number of methoxy groups -OCH3 is 1. The summed E-state index contributed by atoms with van der Waals surface area (Å²) in [6, 6.07) is 9.56. The van der Waals surface area contributed by atoms with Crippen molar-refractivity contribution in [3.8, 4) is 11.5 Å². The van der Waals surface area contributed by atoms with E-state index in [1.54, 1.807) is 12.1 Å². The Morgan fingerprint density at radius 3 is 2.13 bits per heavy atom. The molecule has 0 unspecified atom stereocenters. The lowest BCUT2D eigenvalue weighted by atomic mass is 10.1. The maximum Gasteiger partial charge on any atom is 0.337 e. The monoisotopic (exact) mass is 447 g/mol. The number of rotatable bonds is 5. The maximum absolute atomic E-state index is 13.4. The highest BCUT2D eigenvalue weighted by atomic mass is 32.2. The third kappa shape index (κ3) is 4.97. The van der Waals surface area contributed by atoms with E-state index in [-0.39, 0.29) is 42.4 Å². The zero-order valence-corrected chi connectivity index (χ0v) is 18.3. The zero-order valence-electron chi connectivity index (χ0n) is 17.5. The van der Waals surface area contributed by atoms with Gasteiger partial charge in [-0.1, -0.05) is 6.07 Å². The Kier molecular flexibility index (Phi) is 6.51. The van der Waals surface area contributed by atoms with E-state index in [1.165, 1.54) is 25.3 Å². The van der Waals surface area contributed by atoms with E-state index in [0.29, 0.717) is 5.75 Å². The van der Waals surface area contributed by atoms with Gasteiger partial charge in [0.1, 0.15) is 22.5 Å². The number of hydrogen-bond donors (Lipinski definition) is 0. The molecule has 0 bridgehead atoms. The summed E-state index contributed by atoms with van der Waals surface area (Å²) < 4.78 is 38.5. The minimum atomic E-state index is -4.09. The van der Waals surface area contributed by atoms with Gasteiger partial charge in [0.15, 0.2) is 0 Å². The molecule has 1 amide bonds. The Balaban J connectivity index is 2.01. The summed E-state index contributed by atoms with van der Waals surface area (Å²) in [6.45, 7) is 3.70. The lowest BCUT2D eigenvalue weighted by Gasteiger charge is -2.35. The van der Waals surface area contributed by atoms with Gasteiger partial charge in [0.05, 0.1) is 12.7 Å². The lowest BCUT2D eigenvalue weighted by molar-refractivity contribution is -0.266. The summed E-state index contributed by atoms with van der Waals surface area (Å²) in [4.78, 5) is 23.9. The van der Waals surface area contributed by atoms with Crippen molar-refractivity contribution in [2.75, 3.05) is 33.3 Å². The molecule has 0 saturated carbocycles. The molecule has 9 nitrogen and oxygen atoms in total. The van der Waals surface area contributed by atoms with Crippen LogP contribution in [0.5, 0.6) is 11.5 Å². The SMILES string of the molecule is COC(=O)c1ccc(Oc2cc(C)cc(C)c2)c(S(=O)(=O)N2CCN(C(=O)[O-])CC2)c1. The van der Waals surface area contributed by atoms with Crippen molar-refractivity contribution in [2.45, 2.75) is 18.7 Å². The predicted molar refractivity (Wildman–Crippen MR) is 109 cm³/mol. The first-order chi connectivity index (χ1) is 14.6. The molecule has 31 heavy (non-hydrogen) atoms. The van der Waals surface area contributed by atoms with E-state index in [2.05, 4.69) is 0 Å². The van der Waals surface area contributed by atoms with Gasteiger partial charge in [-0.2, -0.15) is 4.31 Å². The van der Waals surface area contributed by atoms with E-state index in [1.807, 2.05) is 19.9 Å². The first-order valence-electron chi connectivity index (χ1n) is 9.56. The third-order valence-electron chi connectivity index (χ3n) is 4.90. The Bertz CT molecular complexity index is 1090. The van der Waals surface area contributed by atoms with Gasteiger partial charge in [0.2, 0.25) is 10.0 Å². The second kappa shape index (κ2) is 8.94. The molecule has 1 heterocycles. The molecule has 2 aromatic carbocycles. The topological polar surface area (TPSA) is 116 Å². The molecule has 0 aromatic heterocycles. The second-order valence-electron chi connectivity index (χ2n) is 7.24. The number of amides is 1. The van der Waals surface area contributed by atoms with Crippen molar-refractivity contribution in [3.63, 3.8) is 0 Å². The van der Waals surface area contributed by atoms with Gasteiger partial charge in [-0.3, -0.25) is 0 Å². The number of nitrogens with zero attached hydrogens (tertiary/aromatic N) is 2. The summed E-state index contributed by atoms with van der Waals surface area (Å²) in [5.41, 5.74) is 1.95. The van der Waals surface area contributed by atoms with Gasteiger partial charge in [-0.05, 0) is 55.3 Å². The number of piperazine rings is 1. The molecule has 1 saturated heterocycles. The number of sulfonamides is 1. The quantitative estimate of drug-likeness (QED) is 0.638. The van der Waals surface area contributed by atoms with Crippen LogP contribution >= 0.6 is 0 Å². The van der Waals surface area contributed by atoms with Crippen LogP contribution in [0.2, 0.25) is 0 Å². The molecule has 0 spiro atoms. The highest BCUT2D eigenvalue weighted by Gasteiger charge is 2.32. The number of carbonyl (C=O) groups is 2. The van der Waals surface area contributed by atoms with E-state index in [0.717, 1.165) is 20.3 Å². The average Bonchev–Trinajstić information content (AvgIpc) is 2.72. The largest absolute Gasteiger partial charge is 0.530 e. The average molecular weight is 447 g/mol. The van der Waals surface area contributed by atoms with Crippen molar-refractivity contribution in [2.24, 2.45) is 0 Å². The first-order valence-corrected chi connectivity index (χ1v) is 11.0. The molecule has 1 aliphatic heterocycles. The van der Waals surface area contributed by atoms with Crippen LogP contribution in [-0.2, 0) is 14.8 Å². The molecule has 1 fully saturated rings. The van der Waals surface area contributed by atoms with Crippen molar-refractivity contribution in [3.05, 3.63) is 53.1 Å². The van der Waals surface area contributed by atoms with Gasteiger partial charge in [-0.15, -0.1) is 0 Å². The van der Waals surface area contributed by atoms with Crippen LogP contribution in [0.25, 0.3) is 0 Å². The maximum atomic E-state index is 13.4. The van der Waals surface area contributed by atoms with E-state index in [9.17, 15) is 23.1 Å². The summed E-state index contributed by atoms with van der Waals surface area (Å²) in [6.07, 6.45) is -1.34. The van der Waals surface area contributed by atoms with Crippen LogP contribution in [0.1, 0.15) is 21.5 Å². The number of benzene rings is 2. The van der Waals surface area contributed by atoms with Crippen LogP contribution in [0, 0.1) is 13.8 Å². The minimum Gasteiger partial charge on any atom is -0.530 e. The fraction of sp³-hybridized carbons (Fsp3) is 0.333. The molecule has 0 radical (unpaired) electrons. The Morgan fingerprint density at radius 1 is 0.968 bits per heavy atom. The van der Waals surface area contributed by atoms with Gasteiger partial charge >= 0.3 is 5.97 Å². The summed E-state index contributed by atoms with van der Waals surface area (Å²) in [5.74, 6) is -0.169. The lowest BCUT2D eigenvalue weighted by Crippen LogP contribution is -2.53. The minimum absolute atomic E-state index is 0.00841. The molecule has 0 N–H and O–H groups in total. The van der Waals surface area contributed by atoms with Crippen LogP contribution in [0.15, 0.2) is 41.3 Å².